The molecule has 0 aliphatic carbocycles. The number of fused-ring (bicyclic) bond motifs is 1. The minimum Gasteiger partial charge on any atom is -0.264 e. The van der Waals surface area contributed by atoms with Gasteiger partial charge >= 0.3 is 0 Å². The lowest BCUT2D eigenvalue weighted by Gasteiger charge is -2.14. The summed E-state index contributed by atoms with van der Waals surface area (Å²) in [4.78, 5) is 8.46. The van der Waals surface area contributed by atoms with Gasteiger partial charge in [-0.05, 0) is 52.6 Å². The van der Waals surface area contributed by atoms with Gasteiger partial charge in [0.2, 0.25) is 0 Å². The molecule has 0 bridgehead atoms. The Morgan fingerprint density at radius 3 is 2.40 bits per heavy atom. The standard InChI is InChI=1S/C18H18N2/c1-3-13-11-19-9-7-16(13)18-6-5-14-12-20-10-8-17(14)15(18)4-2/h5-12H,3-4H2,1-2H3. The maximum Gasteiger partial charge on any atom is 0.0346 e. The number of aryl methyl sites for hydroxylation is 2. The molecule has 0 saturated heterocycles. The molecule has 20 heavy (non-hydrogen) atoms. The van der Waals surface area contributed by atoms with Crippen LogP contribution in [0.3, 0.4) is 0 Å². The maximum absolute atomic E-state index is 4.25. The molecule has 0 saturated carbocycles. The zero-order chi connectivity index (χ0) is 13.9. The Labute approximate surface area is 119 Å². The van der Waals surface area contributed by atoms with E-state index in [1.807, 2.05) is 24.8 Å². The van der Waals surface area contributed by atoms with Crippen molar-refractivity contribution in [1.82, 2.24) is 9.97 Å². The average molecular weight is 262 g/mol. The highest BCUT2D eigenvalue weighted by Gasteiger charge is 2.10. The lowest BCUT2D eigenvalue weighted by atomic mass is 9.91. The number of hydrogen-bond acceptors (Lipinski definition) is 2. The molecule has 0 radical (unpaired) electrons. The fourth-order valence-corrected chi connectivity index (χ4v) is 2.84. The number of benzene rings is 1. The summed E-state index contributed by atoms with van der Waals surface area (Å²) in [5, 5.41) is 2.51. The van der Waals surface area contributed by atoms with Gasteiger partial charge in [0.05, 0.1) is 0 Å². The van der Waals surface area contributed by atoms with E-state index in [9.17, 15) is 0 Å². The minimum atomic E-state index is 1.00. The second-order valence-corrected chi connectivity index (χ2v) is 4.93. The van der Waals surface area contributed by atoms with Gasteiger partial charge in [0.1, 0.15) is 0 Å². The number of pyridine rings is 2. The molecular formula is C18H18N2. The van der Waals surface area contributed by atoms with Crippen LogP contribution in [0.25, 0.3) is 21.9 Å². The Morgan fingerprint density at radius 2 is 1.60 bits per heavy atom. The maximum atomic E-state index is 4.25. The van der Waals surface area contributed by atoms with Crippen LogP contribution in [0.2, 0.25) is 0 Å². The van der Waals surface area contributed by atoms with E-state index in [1.165, 1.54) is 33.0 Å². The smallest absolute Gasteiger partial charge is 0.0346 e. The Balaban J connectivity index is 2.31. The highest BCUT2D eigenvalue weighted by Crippen LogP contribution is 2.32. The lowest BCUT2D eigenvalue weighted by Crippen LogP contribution is -1.95. The van der Waals surface area contributed by atoms with E-state index in [-0.39, 0.29) is 0 Å². The quantitative estimate of drug-likeness (QED) is 0.698. The summed E-state index contributed by atoms with van der Waals surface area (Å²) in [7, 11) is 0. The third-order valence-electron chi connectivity index (χ3n) is 3.86. The van der Waals surface area contributed by atoms with Gasteiger partial charge in [-0.3, -0.25) is 9.97 Å². The van der Waals surface area contributed by atoms with Crippen molar-refractivity contribution in [1.29, 1.82) is 0 Å². The van der Waals surface area contributed by atoms with Gasteiger partial charge in [-0.15, -0.1) is 0 Å². The van der Waals surface area contributed by atoms with Gasteiger partial charge < -0.3 is 0 Å². The summed E-state index contributed by atoms with van der Waals surface area (Å²) in [6.07, 6.45) is 9.68. The van der Waals surface area contributed by atoms with Crippen LogP contribution in [0.5, 0.6) is 0 Å². The number of hydrogen-bond donors (Lipinski definition) is 0. The summed E-state index contributed by atoms with van der Waals surface area (Å²) < 4.78 is 0. The molecule has 0 atom stereocenters. The highest BCUT2D eigenvalue weighted by atomic mass is 14.6. The minimum absolute atomic E-state index is 1.00. The van der Waals surface area contributed by atoms with Crippen molar-refractivity contribution >= 4 is 10.8 Å². The van der Waals surface area contributed by atoms with Crippen LogP contribution in [0.15, 0.2) is 49.1 Å². The molecule has 2 heteroatoms. The van der Waals surface area contributed by atoms with Gasteiger partial charge in [0, 0.05) is 30.2 Å². The Hall–Kier alpha value is -2.22. The number of aromatic nitrogens is 2. The van der Waals surface area contributed by atoms with Crippen LogP contribution in [-0.2, 0) is 12.8 Å². The third-order valence-corrected chi connectivity index (χ3v) is 3.86. The van der Waals surface area contributed by atoms with Crippen LogP contribution in [0, 0.1) is 0 Å². The van der Waals surface area contributed by atoms with E-state index < -0.39 is 0 Å². The van der Waals surface area contributed by atoms with E-state index >= 15 is 0 Å². The van der Waals surface area contributed by atoms with Crippen molar-refractivity contribution in [3.63, 3.8) is 0 Å². The van der Waals surface area contributed by atoms with E-state index in [2.05, 4.69) is 48.1 Å². The first-order valence-corrected chi connectivity index (χ1v) is 7.14. The zero-order valence-electron chi connectivity index (χ0n) is 11.9. The van der Waals surface area contributed by atoms with Gasteiger partial charge in [-0.25, -0.2) is 0 Å². The van der Waals surface area contributed by atoms with Crippen LogP contribution < -0.4 is 0 Å². The molecule has 0 aliphatic rings. The summed E-state index contributed by atoms with van der Waals surface area (Å²) in [5.41, 5.74) is 5.32. The van der Waals surface area contributed by atoms with Crippen LogP contribution in [0.4, 0.5) is 0 Å². The summed E-state index contributed by atoms with van der Waals surface area (Å²) in [6, 6.07) is 8.62. The second kappa shape index (κ2) is 5.41. The predicted octanol–water partition coefficient (Wildman–Crippen LogP) is 4.42. The van der Waals surface area contributed by atoms with Crippen molar-refractivity contribution in [2.45, 2.75) is 26.7 Å². The highest BCUT2D eigenvalue weighted by molar-refractivity contribution is 5.91. The van der Waals surface area contributed by atoms with E-state index in [0.29, 0.717) is 0 Å². The van der Waals surface area contributed by atoms with Crippen LogP contribution in [0.1, 0.15) is 25.0 Å². The fraction of sp³-hybridized carbons (Fsp3) is 0.222. The van der Waals surface area contributed by atoms with Crippen molar-refractivity contribution in [2.24, 2.45) is 0 Å². The van der Waals surface area contributed by atoms with E-state index in [0.717, 1.165) is 12.8 Å². The van der Waals surface area contributed by atoms with Crippen molar-refractivity contribution < 1.29 is 0 Å². The molecule has 0 spiro atoms. The fourth-order valence-electron chi connectivity index (χ4n) is 2.84. The zero-order valence-corrected chi connectivity index (χ0v) is 11.9. The van der Waals surface area contributed by atoms with E-state index in [4.69, 9.17) is 0 Å². The lowest BCUT2D eigenvalue weighted by molar-refractivity contribution is 1.10. The first-order valence-electron chi connectivity index (χ1n) is 7.14. The summed E-state index contributed by atoms with van der Waals surface area (Å²) >= 11 is 0. The molecule has 0 unspecified atom stereocenters. The van der Waals surface area contributed by atoms with Crippen molar-refractivity contribution in [3.8, 4) is 11.1 Å². The van der Waals surface area contributed by atoms with Crippen LogP contribution >= 0.6 is 0 Å². The van der Waals surface area contributed by atoms with Crippen molar-refractivity contribution in [3.05, 3.63) is 60.2 Å². The largest absolute Gasteiger partial charge is 0.264 e. The summed E-state index contributed by atoms with van der Waals surface area (Å²) in [5.74, 6) is 0. The molecular weight excluding hydrogens is 244 g/mol. The Bertz CT molecular complexity index is 747. The van der Waals surface area contributed by atoms with Gasteiger partial charge in [0.15, 0.2) is 0 Å². The SMILES string of the molecule is CCc1cnccc1-c1ccc2cnccc2c1CC. The molecule has 2 aromatic heterocycles. The summed E-state index contributed by atoms with van der Waals surface area (Å²) in [6.45, 7) is 4.39. The molecule has 3 aromatic rings. The molecule has 0 aliphatic heterocycles. The van der Waals surface area contributed by atoms with Gasteiger partial charge in [-0.1, -0.05) is 26.0 Å². The topological polar surface area (TPSA) is 25.8 Å². The second-order valence-electron chi connectivity index (χ2n) is 4.93. The number of nitrogens with zero attached hydrogens (tertiary/aromatic N) is 2. The third kappa shape index (κ3) is 2.07. The first kappa shape index (κ1) is 12.8. The normalized spacial score (nSPS) is 10.9. The molecule has 100 valence electrons. The predicted molar refractivity (Wildman–Crippen MR) is 83.7 cm³/mol. The van der Waals surface area contributed by atoms with E-state index in [1.54, 1.807) is 0 Å². The monoisotopic (exact) mass is 262 g/mol. The number of rotatable bonds is 3. The first-order chi connectivity index (χ1) is 9.85. The molecule has 0 amide bonds. The molecule has 2 nitrogen and oxygen atoms in total. The van der Waals surface area contributed by atoms with Crippen LogP contribution in [-0.4, -0.2) is 9.97 Å². The molecule has 0 fully saturated rings. The Kier molecular flexibility index (Phi) is 3.46. The molecule has 0 N–H and O–H groups in total. The average Bonchev–Trinajstić information content (AvgIpc) is 2.53. The molecule has 3 rings (SSSR count). The van der Waals surface area contributed by atoms with Gasteiger partial charge in [-0.2, -0.15) is 0 Å². The Morgan fingerprint density at radius 1 is 0.800 bits per heavy atom. The molecule has 2 heterocycles. The molecule has 1 aromatic carbocycles. The van der Waals surface area contributed by atoms with Crippen molar-refractivity contribution in [2.75, 3.05) is 0 Å². The van der Waals surface area contributed by atoms with Gasteiger partial charge in [0.25, 0.3) is 0 Å².